The van der Waals surface area contributed by atoms with E-state index in [9.17, 15) is 24.3 Å². The molecule has 0 radical (unpaired) electrons. The Balaban J connectivity index is 0.00000102. The summed E-state index contributed by atoms with van der Waals surface area (Å²) in [5, 5.41) is 19.6. The molecule has 1 aliphatic carbocycles. The lowest BCUT2D eigenvalue weighted by molar-refractivity contribution is -0.141. The Bertz CT molecular complexity index is 2150. The molecule has 1 saturated carbocycles. The minimum absolute atomic E-state index is 0.0281. The smallest absolute Gasteiger partial charge is 0.293 e. The molecule has 2 amide bonds. The summed E-state index contributed by atoms with van der Waals surface area (Å²) in [6, 6.07) is 14.4. The number of fused-ring (bicyclic) bond motifs is 1. The van der Waals surface area contributed by atoms with Crippen molar-refractivity contribution in [2.45, 2.75) is 105 Å². The summed E-state index contributed by atoms with van der Waals surface area (Å²) in [5.41, 5.74) is 10.1. The SMILES string of the molecule is CCn1c(-c2cccnc2C(C)OC)c(CC(C)(C)COC=O)c2cc(-c3cc(O)cc(CC(NC(=O)C(C(C)C)N(C)C)C(=O)N4CCCCN4)c3)ccc21.CNC.O=CC1CC1. The van der Waals surface area contributed by atoms with Gasteiger partial charge in [-0.2, -0.15) is 0 Å². The molecule has 2 aromatic heterocycles. The first-order valence-electron chi connectivity index (χ1n) is 22.6. The lowest BCUT2D eigenvalue weighted by atomic mass is 9.84. The van der Waals surface area contributed by atoms with Crippen LogP contribution in [0.1, 0.15) is 90.2 Å². The Labute approximate surface area is 380 Å². The zero-order valence-electron chi connectivity index (χ0n) is 40.0. The predicted octanol–water partition coefficient (Wildman–Crippen LogP) is 6.72. The van der Waals surface area contributed by atoms with Crippen LogP contribution in [-0.2, 0) is 48.0 Å². The fraction of sp³-hybridized carbons (Fsp3) is 0.540. The van der Waals surface area contributed by atoms with E-state index in [2.05, 4.69) is 65.7 Å². The number of nitrogens with one attached hydrogen (secondary N) is 3. The summed E-state index contributed by atoms with van der Waals surface area (Å²) < 4.78 is 13.4. The maximum Gasteiger partial charge on any atom is 0.293 e. The van der Waals surface area contributed by atoms with Crippen molar-refractivity contribution in [2.24, 2.45) is 17.3 Å². The summed E-state index contributed by atoms with van der Waals surface area (Å²) >= 11 is 0. The normalized spacial score (nSPS) is 15.4. The van der Waals surface area contributed by atoms with Crippen LogP contribution in [0.25, 0.3) is 33.3 Å². The van der Waals surface area contributed by atoms with Gasteiger partial charge in [0, 0.05) is 67.2 Å². The van der Waals surface area contributed by atoms with E-state index in [0.717, 1.165) is 82.1 Å². The maximum atomic E-state index is 14.0. The number of amides is 2. The van der Waals surface area contributed by atoms with Crippen LogP contribution in [0, 0.1) is 17.3 Å². The summed E-state index contributed by atoms with van der Waals surface area (Å²) in [4.78, 5) is 55.1. The molecular formula is C50H73N7O7. The molecule has 1 saturated heterocycles. The van der Waals surface area contributed by atoms with Crippen LogP contribution in [0.3, 0.4) is 0 Å². The zero-order chi connectivity index (χ0) is 47.1. The van der Waals surface area contributed by atoms with E-state index in [-0.39, 0.29) is 42.6 Å². The standard InChI is InChI=1S/C44H60N6O6.C4H6O.C2H7N/c1-10-49-38-16-15-31(24-35(38)36(25-44(5,6)26-56-27-51)41(49)34-14-13-17-45-39(34)29(4)55-9)32-20-30(21-33(52)23-32)22-37(43(54)50-19-12-11-18-46-50)47-42(53)40(28(2)3)48(7)8;5-3-4-1-2-4;1-3-2/h13-17,20-21,23-24,27-29,37,40,46,52H,10-12,18-19,22,25-26H2,1-9H3,(H,47,53);3-4H,1-2H2;3H,1-2H3. The number of hydrazine groups is 1. The highest BCUT2D eigenvalue weighted by molar-refractivity contribution is 5.95. The second-order valence-electron chi connectivity index (χ2n) is 18.3. The van der Waals surface area contributed by atoms with Gasteiger partial charge >= 0.3 is 0 Å². The fourth-order valence-corrected chi connectivity index (χ4v) is 8.34. The number of ether oxygens (including phenoxy) is 2. The molecule has 3 unspecified atom stereocenters. The van der Waals surface area contributed by atoms with Gasteiger partial charge < -0.3 is 34.6 Å². The van der Waals surface area contributed by atoms with Gasteiger partial charge in [-0.05, 0) is 139 Å². The number of rotatable bonds is 18. The van der Waals surface area contributed by atoms with E-state index < -0.39 is 17.5 Å². The summed E-state index contributed by atoms with van der Waals surface area (Å²) in [6.07, 6.45) is 7.49. The molecule has 14 heteroatoms. The number of aldehydes is 1. The first-order valence-corrected chi connectivity index (χ1v) is 22.6. The fourth-order valence-electron chi connectivity index (χ4n) is 8.34. The Morgan fingerprint density at radius 3 is 2.33 bits per heavy atom. The number of pyridine rings is 1. The van der Waals surface area contributed by atoms with Crippen molar-refractivity contribution in [3.05, 3.63) is 71.5 Å². The average Bonchev–Trinajstić information content (AvgIpc) is 4.07. The quantitative estimate of drug-likeness (QED) is 0.0784. The van der Waals surface area contributed by atoms with Crippen LogP contribution in [0.15, 0.2) is 54.7 Å². The summed E-state index contributed by atoms with van der Waals surface area (Å²) in [5.74, 6) is 0.123. The van der Waals surface area contributed by atoms with E-state index >= 15 is 0 Å². The highest BCUT2D eigenvalue weighted by Gasteiger charge is 2.33. The van der Waals surface area contributed by atoms with Crippen molar-refractivity contribution in [2.75, 3.05) is 55.0 Å². The predicted molar refractivity (Wildman–Crippen MR) is 254 cm³/mol. The number of aromatic hydroxyl groups is 1. The molecule has 14 nitrogen and oxygen atoms in total. The number of aryl methyl sites for hydroxylation is 1. The van der Waals surface area contributed by atoms with Gasteiger partial charge in [0.05, 0.1) is 30.1 Å². The largest absolute Gasteiger partial charge is 0.508 e. The second kappa shape index (κ2) is 24.2. The number of likely N-dealkylation sites (N-methyl/N-ethyl adjacent to an activating group) is 1. The van der Waals surface area contributed by atoms with E-state index in [1.54, 1.807) is 30.4 Å². The number of carbonyl (C=O) groups is 4. The number of methoxy groups -OCH3 is 1. The van der Waals surface area contributed by atoms with Gasteiger partial charge in [-0.1, -0.05) is 39.8 Å². The molecule has 3 atom stereocenters. The molecule has 4 aromatic rings. The number of hydrogen-bond acceptors (Lipinski definition) is 11. The molecule has 350 valence electrons. The number of phenolic OH excluding ortho intramolecular Hbond substituents is 1. The van der Waals surface area contributed by atoms with Gasteiger partial charge in [-0.3, -0.25) is 29.3 Å². The van der Waals surface area contributed by atoms with Crippen LogP contribution in [-0.4, -0.2) is 116 Å². The van der Waals surface area contributed by atoms with Gasteiger partial charge in [0.25, 0.3) is 12.4 Å². The van der Waals surface area contributed by atoms with Crippen molar-refractivity contribution in [3.8, 4) is 28.1 Å². The van der Waals surface area contributed by atoms with Gasteiger partial charge in [0.2, 0.25) is 5.91 Å². The number of carbonyl (C=O) groups excluding carboxylic acids is 4. The molecule has 6 rings (SSSR count). The van der Waals surface area contributed by atoms with E-state index in [1.807, 2.05) is 66.0 Å². The van der Waals surface area contributed by atoms with Crippen LogP contribution in [0.2, 0.25) is 0 Å². The topological polar surface area (TPSA) is 167 Å². The van der Waals surface area contributed by atoms with Gasteiger partial charge in [-0.15, -0.1) is 0 Å². The molecule has 64 heavy (non-hydrogen) atoms. The van der Waals surface area contributed by atoms with Crippen molar-refractivity contribution in [1.82, 2.24) is 35.5 Å². The number of phenols is 1. The van der Waals surface area contributed by atoms with Crippen molar-refractivity contribution in [3.63, 3.8) is 0 Å². The van der Waals surface area contributed by atoms with E-state index in [4.69, 9.17) is 14.5 Å². The molecule has 0 bridgehead atoms. The first kappa shape index (κ1) is 51.5. The molecule has 1 aliphatic heterocycles. The Morgan fingerprint density at radius 2 is 1.77 bits per heavy atom. The highest BCUT2D eigenvalue weighted by atomic mass is 16.5. The van der Waals surface area contributed by atoms with Crippen molar-refractivity contribution >= 4 is 35.5 Å². The summed E-state index contributed by atoms with van der Waals surface area (Å²) in [6.45, 7) is 14.9. The Kier molecular flexibility index (Phi) is 19.5. The molecule has 0 spiro atoms. The third-order valence-electron chi connectivity index (χ3n) is 11.5. The number of nitrogens with zero attached hydrogens (tertiary/aromatic N) is 4. The first-order chi connectivity index (χ1) is 30.5. The number of benzene rings is 2. The van der Waals surface area contributed by atoms with Crippen LogP contribution < -0.4 is 16.1 Å². The van der Waals surface area contributed by atoms with Crippen LogP contribution >= 0.6 is 0 Å². The van der Waals surface area contributed by atoms with Crippen LogP contribution in [0.4, 0.5) is 0 Å². The maximum absolute atomic E-state index is 14.0. The molecule has 2 aromatic carbocycles. The van der Waals surface area contributed by atoms with E-state index in [0.29, 0.717) is 38.4 Å². The van der Waals surface area contributed by atoms with Gasteiger partial charge in [0.15, 0.2) is 0 Å². The zero-order valence-corrected chi connectivity index (χ0v) is 40.0. The molecule has 4 N–H and O–H groups in total. The van der Waals surface area contributed by atoms with Crippen molar-refractivity contribution < 1.29 is 33.8 Å². The highest BCUT2D eigenvalue weighted by Crippen LogP contribution is 2.42. The third-order valence-corrected chi connectivity index (χ3v) is 11.5. The molecular weight excluding hydrogens is 811 g/mol. The lowest BCUT2D eigenvalue weighted by Crippen LogP contribution is -2.58. The average molecular weight is 884 g/mol. The monoisotopic (exact) mass is 884 g/mol. The lowest BCUT2D eigenvalue weighted by Gasteiger charge is -2.33. The third kappa shape index (κ3) is 13.7. The van der Waals surface area contributed by atoms with Crippen LogP contribution in [0.5, 0.6) is 5.75 Å². The summed E-state index contributed by atoms with van der Waals surface area (Å²) in [7, 11) is 9.16. The Morgan fingerprint density at radius 1 is 1.05 bits per heavy atom. The molecule has 3 heterocycles. The van der Waals surface area contributed by atoms with Crippen molar-refractivity contribution in [1.29, 1.82) is 0 Å². The number of aromatic nitrogens is 2. The second-order valence-corrected chi connectivity index (χ2v) is 18.3. The number of hydrogen-bond donors (Lipinski definition) is 4. The Hall–Kier alpha value is -5.15. The minimum atomic E-state index is -0.849. The van der Waals surface area contributed by atoms with Gasteiger partial charge in [0.1, 0.15) is 18.1 Å². The van der Waals surface area contributed by atoms with Gasteiger partial charge in [-0.25, -0.2) is 5.43 Å². The minimum Gasteiger partial charge on any atom is -0.508 e. The molecule has 2 aliphatic rings. The molecule has 2 fully saturated rings. The van der Waals surface area contributed by atoms with E-state index in [1.165, 1.54) is 0 Å².